The highest BCUT2D eigenvalue weighted by Crippen LogP contribution is 2.31. The molecule has 0 bridgehead atoms. The van der Waals surface area contributed by atoms with Crippen molar-refractivity contribution < 1.29 is 8.42 Å². The lowest BCUT2D eigenvalue weighted by Gasteiger charge is -2.11. The summed E-state index contributed by atoms with van der Waals surface area (Å²) in [6.07, 6.45) is 0. The van der Waals surface area contributed by atoms with Gasteiger partial charge in [0.2, 0.25) is 0 Å². The van der Waals surface area contributed by atoms with Gasteiger partial charge in [-0.1, -0.05) is 31.9 Å². The van der Waals surface area contributed by atoms with E-state index in [1.54, 1.807) is 24.3 Å². The van der Waals surface area contributed by atoms with E-state index in [1.807, 2.05) is 6.07 Å². The molecule has 0 amide bonds. The van der Waals surface area contributed by atoms with Gasteiger partial charge in [-0.05, 0) is 68.3 Å². The fourth-order valence-electron chi connectivity index (χ4n) is 1.46. The van der Waals surface area contributed by atoms with Crippen LogP contribution in [0.25, 0.3) is 0 Å². The highest BCUT2D eigenvalue weighted by Gasteiger charge is 2.19. The van der Waals surface area contributed by atoms with Crippen LogP contribution in [0.3, 0.4) is 0 Å². The van der Waals surface area contributed by atoms with Gasteiger partial charge in [0, 0.05) is 17.9 Å². The number of halogens is 4. The summed E-state index contributed by atoms with van der Waals surface area (Å²) in [5.41, 5.74) is 0.464. The Morgan fingerprint density at radius 2 is 1.35 bits per heavy atom. The van der Waals surface area contributed by atoms with Crippen LogP contribution in [0, 0.1) is 0 Å². The molecule has 0 aliphatic rings. The van der Waals surface area contributed by atoms with E-state index in [1.165, 1.54) is 6.07 Å². The lowest BCUT2D eigenvalue weighted by atomic mass is 10.3. The molecule has 3 nitrogen and oxygen atoms in total. The van der Waals surface area contributed by atoms with Crippen molar-refractivity contribution in [2.45, 2.75) is 4.90 Å². The first-order chi connectivity index (χ1) is 9.29. The maximum absolute atomic E-state index is 12.4. The number of anilines is 1. The molecule has 106 valence electrons. The van der Waals surface area contributed by atoms with Gasteiger partial charge in [-0.25, -0.2) is 8.42 Å². The molecule has 1 N–H and O–H groups in total. The Bertz CT molecular complexity index is 762. The van der Waals surface area contributed by atoms with E-state index in [2.05, 4.69) is 68.4 Å². The van der Waals surface area contributed by atoms with Crippen LogP contribution in [-0.2, 0) is 10.0 Å². The summed E-state index contributed by atoms with van der Waals surface area (Å²) in [6, 6.07) is 10.2. The van der Waals surface area contributed by atoms with Gasteiger partial charge in [0.1, 0.15) is 4.90 Å². The number of sulfonamides is 1. The van der Waals surface area contributed by atoms with Gasteiger partial charge in [-0.3, -0.25) is 4.72 Å². The van der Waals surface area contributed by atoms with Gasteiger partial charge in [0.15, 0.2) is 0 Å². The Balaban J connectivity index is 2.46. The largest absolute Gasteiger partial charge is 0.278 e. The average Bonchev–Trinajstić information content (AvgIpc) is 2.36. The van der Waals surface area contributed by atoms with Crippen LogP contribution in [0.4, 0.5) is 5.69 Å². The van der Waals surface area contributed by atoms with E-state index in [4.69, 9.17) is 0 Å². The Morgan fingerprint density at radius 1 is 0.800 bits per heavy atom. The van der Waals surface area contributed by atoms with E-state index in [0.29, 0.717) is 19.1 Å². The standard InChI is InChI=1S/C12H7Br4NO2S/c13-7-1-3-9(15)11(5-7)17-20(18,19)12-6-8(14)2-4-10(12)16/h1-6,17H. The molecule has 0 fully saturated rings. The quantitative estimate of drug-likeness (QED) is 0.548. The summed E-state index contributed by atoms with van der Waals surface area (Å²) in [7, 11) is -3.68. The minimum absolute atomic E-state index is 0.166. The van der Waals surface area contributed by atoms with E-state index in [0.717, 1.165) is 4.47 Å². The normalized spacial score (nSPS) is 11.4. The summed E-state index contributed by atoms with van der Waals surface area (Å²) in [5.74, 6) is 0. The molecule has 20 heavy (non-hydrogen) atoms. The number of hydrogen-bond donors (Lipinski definition) is 1. The van der Waals surface area contributed by atoms with Crippen LogP contribution in [0.2, 0.25) is 0 Å². The molecule has 0 heterocycles. The van der Waals surface area contributed by atoms with Crippen molar-refractivity contribution in [3.8, 4) is 0 Å². The molecule has 0 saturated heterocycles. The smallest absolute Gasteiger partial charge is 0.263 e. The van der Waals surface area contributed by atoms with Gasteiger partial charge in [-0.2, -0.15) is 0 Å². The Morgan fingerprint density at radius 3 is 2.00 bits per heavy atom. The van der Waals surface area contributed by atoms with Crippen molar-refractivity contribution in [2.75, 3.05) is 4.72 Å². The van der Waals surface area contributed by atoms with Gasteiger partial charge in [0.25, 0.3) is 10.0 Å². The summed E-state index contributed by atoms with van der Waals surface area (Å²) in [4.78, 5) is 0.166. The number of nitrogens with one attached hydrogen (secondary N) is 1. The predicted molar refractivity (Wildman–Crippen MR) is 94.5 cm³/mol. The van der Waals surface area contributed by atoms with Gasteiger partial charge in [-0.15, -0.1) is 0 Å². The van der Waals surface area contributed by atoms with Crippen LogP contribution in [0.15, 0.2) is 59.2 Å². The van der Waals surface area contributed by atoms with Crippen LogP contribution in [0.1, 0.15) is 0 Å². The van der Waals surface area contributed by atoms with Crippen molar-refractivity contribution in [3.63, 3.8) is 0 Å². The zero-order chi connectivity index (χ0) is 14.9. The van der Waals surface area contributed by atoms with Crippen molar-refractivity contribution in [1.82, 2.24) is 0 Å². The van der Waals surface area contributed by atoms with Crippen LogP contribution >= 0.6 is 63.7 Å². The molecule has 0 aliphatic heterocycles. The van der Waals surface area contributed by atoms with E-state index in [-0.39, 0.29) is 4.90 Å². The third-order valence-corrected chi connectivity index (χ3v) is 6.39. The number of hydrogen-bond acceptors (Lipinski definition) is 2. The Kier molecular flexibility index (Phi) is 5.34. The molecule has 8 heteroatoms. The van der Waals surface area contributed by atoms with Crippen molar-refractivity contribution >= 4 is 79.4 Å². The minimum Gasteiger partial charge on any atom is -0.278 e. The summed E-state index contributed by atoms with van der Waals surface area (Å²) >= 11 is 13.2. The molecule has 2 aromatic rings. The van der Waals surface area contributed by atoms with Crippen molar-refractivity contribution in [3.05, 3.63) is 54.3 Å². The lowest BCUT2D eigenvalue weighted by Crippen LogP contribution is -2.14. The van der Waals surface area contributed by atoms with Gasteiger partial charge in [0.05, 0.1) is 5.69 Å². The molecule has 0 saturated carbocycles. The average molecular weight is 549 g/mol. The fourth-order valence-corrected chi connectivity index (χ4v) is 4.87. The van der Waals surface area contributed by atoms with E-state index >= 15 is 0 Å². The molecule has 0 aliphatic carbocycles. The summed E-state index contributed by atoms with van der Waals surface area (Å²) in [5, 5.41) is 0. The topological polar surface area (TPSA) is 46.2 Å². The zero-order valence-corrected chi connectivity index (χ0v) is 16.9. The summed E-state index contributed by atoms with van der Waals surface area (Å²) < 4.78 is 30.1. The highest BCUT2D eigenvalue weighted by atomic mass is 79.9. The predicted octanol–water partition coefficient (Wildman–Crippen LogP) is 5.54. The highest BCUT2D eigenvalue weighted by molar-refractivity contribution is 9.11. The Hall–Kier alpha value is 0.110. The second kappa shape index (κ2) is 6.48. The zero-order valence-electron chi connectivity index (χ0n) is 9.70. The summed E-state index contributed by atoms with van der Waals surface area (Å²) in [6.45, 7) is 0. The fraction of sp³-hybridized carbons (Fsp3) is 0. The molecular weight excluding hydrogens is 542 g/mol. The second-order valence-electron chi connectivity index (χ2n) is 3.80. The number of rotatable bonds is 3. The first-order valence-corrected chi connectivity index (χ1v) is 9.88. The Labute approximate surface area is 150 Å². The van der Waals surface area contributed by atoms with Crippen LogP contribution in [0.5, 0.6) is 0 Å². The first kappa shape index (κ1) is 16.5. The van der Waals surface area contributed by atoms with Gasteiger partial charge >= 0.3 is 0 Å². The molecule has 2 rings (SSSR count). The molecule has 2 aromatic carbocycles. The molecule has 0 aromatic heterocycles. The third-order valence-electron chi connectivity index (χ3n) is 2.36. The number of benzene rings is 2. The maximum atomic E-state index is 12.4. The first-order valence-electron chi connectivity index (χ1n) is 5.22. The third kappa shape index (κ3) is 3.85. The SMILES string of the molecule is O=S(=O)(Nc1cc(Br)ccc1Br)c1cc(Br)ccc1Br. The lowest BCUT2D eigenvalue weighted by molar-refractivity contribution is 0.600. The minimum atomic E-state index is -3.68. The van der Waals surface area contributed by atoms with Gasteiger partial charge < -0.3 is 0 Å². The van der Waals surface area contributed by atoms with Crippen molar-refractivity contribution in [1.29, 1.82) is 0 Å². The monoisotopic (exact) mass is 545 g/mol. The van der Waals surface area contributed by atoms with Crippen LogP contribution in [-0.4, -0.2) is 8.42 Å². The van der Waals surface area contributed by atoms with Crippen LogP contribution < -0.4 is 4.72 Å². The molecule has 0 radical (unpaired) electrons. The molecular formula is C12H7Br4NO2S. The van der Waals surface area contributed by atoms with Crippen molar-refractivity contribution in [2.24, 2.45) is 0 Å². The molecule has 0 unspecified atom stereocenters. The maximum Gasteiger partial charge on any atom is 0.263 e. The van der Waals surface area contributed by atoms with E-state index < -0.39 is 10.0 Å². The van der Waals surface area contributed by atoms with E-state index in [9.17, 15) is 8.42 Å². The molecule has 0 spiro atoms. The molecule has 0 atom stereocenters. The second-order valence-corrected chi connectivity index (χ2v) is 9.00.